The Morgan fingerprint density at radius 2 is 1.81 bits per heavy atom. The highest BCUT2D eigenvalue weighted by Gasteiger charge is 2.20. The molecular formula is C29H33N5O3. The molecule has 1 aromatic carbocycles. The maximum absolute atomic E-state index is 13.0. The number of pyridine rings is 1. The molecule has 1 fully saturated rings. The first-order chi connectivity index (χ1) is 18.0. The van der Waals surface area contributed by atoms with Crippen LogP contribution in [0.2, 0.25) is 0 Å². The summed E-state index contributed by atoms with van der Waals surface area (Å²) in [5.41, 5.74) is 3.62. The van der Waals surface area contributed by atoms with Gasteiger partial charge in [0.15, 0.2) is 0 Å². The number of carbonyl (C=O) groups excluding carboxylic acids is 1. The zero-order chi connectivity index (χ0) is 25.8. The van der Waals surface area contributed by atoms with Gasteiger partial charge in [-0.05, 0) is 44.4 Å². The van der Waals surface area contributed by atoms with Crippen LogP contribution in [0.25, 0.3) is 11.0 Å². The van der Waals surface area contributed by atoms with Crippen molar-refractivity contribution in [3.8, 4) is 0 Å². The van der Waals surface area contributed by atoms with Crippen LogP contribution >= 0.6 is 0 Å². The van der Waals surface area contributed by atoms with E-state index in [0.717, 1.165) is 42.3 Å². The van der Waals surface area contributed by atoms with Gasteiger partial charge in [-0.3, -0.25) is 9.36 Å². The molecule has 8 nitrogen and oxygen atoms in total. The summed E-state index contributed by atoms with van der Waals surface area (Å²) in [6, 6.07) is 15.3. The summed E-state index contributed by atoms with van der Waals surface area (Å²) < 4.78 is 9.03. The number of ether oxygens (including phenoxy) is 1. The first kappa shape index (κ1) is 24.7. The molecule has 37 heavy (non-hydrogen) atoms. The Morgan fingerprint density at radius 1 is 1.05 bits per heavy atom. The molecule has 0 saturated heterocycles. The fourth-order valence-electron chi connectivity index (χ4n) is 5.20. The van der Waals surface area contributed by atoms with Crippen LogP contribution in [0.4, 0.5) is 11.6 Å². The smallest absolute Gasteiger partial charge is 0.355 e. The number of nitrogens with one attached hydrogen (secondary N) is 1. The van der Waals surface area contributed by atoms with E-state index >= 15 is 0 Å². The number of hydrogen-bond acceptors (Lipinski definition) is 6. The van der Waals surface area contributed by atoms with Gasteiger partial charge in [0.05, 0.1) is 18.0 Å². The zero-order valence-corrected chi connectivity index (χ0v) is 21.4. The normalized spacial score (nSPS) is 14.4. The summed E-state index contributed by atoms with van der Waals surface area (Å²) in [5.74, 6) is 0.00883. The third kappa shape index (κ3) is 5.43. The minimum atomic E-state index is -0.385. The van der Waals surface area contributed by atoms with E-state index < -0.39 is 0 Å². The lowest BCUT2D eigenvalue weighted by Gasteiger charge is -2.20. The van der Waals surface area contributed by atoms with E-state index in [4.69, 9.17) is 9.72 Å². The van der Waals surface area contributed by atoms with Crippen LogP contribution < -0.4 is 10.9 Å². The van der Waals surface area contributed by atoms with Crippen LogP contribution in [0.15, 0.2) is 59.5 Å². The summed E-state index contributed by atoms with van der Waals surface area (Å²) in [6.45, 7) is 4.54. The second-order valence-electron chi connectivity index (χ2n) is 9.63. The van der Waals surface area contributed by atoms with Gasteiger partial charge in [-0.15, -0.1) is 0 Å². The van der Waals surface area contributed by atoms with Gasteiger partial charge >= 0.3 is 5.97 Å². The molecule has 0 bridgehead atoms. The third-order valence-electron chi connectivity index (χ3n) is 7.00. The van der Waals surface area contributed by atoms with Gasteiger partial charge in [0.1, 0.15) is 11.3 Å². The van der Waals surface area contributed by atoms with E-state index in [1.807, 2.05) is 58.7 Å². The summed E-state index contributed by atoms with van der Waals surface area (Å²) in [6.07, 6.45) is 8.49. The molecule has 8 heteroatoms. The minimum absolute atomic E-state index is 0.0259. The zero-order valence-electron chi connectivity index (χ0n) is 21.4. The van der Waals surface area contributed by atoms with Crippen molar-refractivity contribution in [1.29, 1.82) is 0 Å². The van der Waals surface area contributed by atoms with Crippen LogP contribution in [0.1, 0.15) is 73.2 Å². The predicted molar refractivity (Wildman–Crippen MR) is 144 cm³/mol. The molecule has 0 radical (unpaired) electrons. The number of aromatic nitrogens is 4. The second kappa shape index (κ2) is 11.0. The number of hydrogen-bond donors (Lipinski definition) is 1. The lowest BCUT2D eigenvalue weighted by atomic mass is 10.1. The molecule has 5 rings (SSSR count). The van der Waals surface area contributed by atoms with E-state index in [9.17, 15) is 9.59 Å². The van der Waals surface area contributed by atoms with E-state index in [1.165, 1.54) is 12.8 Å². The molecule has 4 aromatic rings. The summed E-state index contributed by atoms with van der Waals surface area (Å²) in [4.78, 5) is 35.2. The highest BCUT2D eigenvalue weighted by atomic mass is 16.5. The van der Waals surface area contributed by atoms with Crippen LogP contribution in [0.3, 0.4) is 0 Å². The van der Waals surface area contributed by atoms with Crippen LogP contribution in [-0.2, 0) is 11.3 Å². The number of rotatable bonds is 7. The number of anilines is 2. The number of benzene rings is 1. The Labute approximate surface area is 216 Å². The van der Waals surface area contributed by atoms with Crippen LogP contribution in [-0.4, -0.2) is 31.7 Å². The quantitative estimate of drug-likeness (QED) is 0.257. The van der Waals surface area contributed by atoms with Crippen molar-refractivity contribution in [1.82, 2.24) is 19.1 Å². The topological polar surface area (TPSA) is 91.0 Å². The fraction of sp³-hybridized carbons (Fsp3) is 0.379. The van der Waals surface area contributed by atoms with Crippen molar-refractivity contribution in [3.63, 3.8) is 0 Å². The first-order valence-electron chi connectivity index (χ1n) is 13.1. The average molecular weight is 500 g/mol. The van der Waals surface area contributed by atoms with Gasteiger partial charge in [-0.1, -0.05) is 56.0 Å². The molecule has 1 N–H and O–H groups in total. The highest BCUT2D eigenvalue weighted by Crippen LogP contribution is 2.29. The Morgan fingerprint density at radius 3 is 2.54 bits per heavy atom. The molecule has 0 aliphatic heterocycles. The number of nitrogens with zero attached hydrogens (tertiary/aromatic N) is 4. The monoisotopic (exact) mass is 499 g/mol. The SMILES string of the molecule is CCOC(=O)c1cc(Nc2nc(C)c3ccc(=O)n(C4CCCCCC4)c3n2)cn1Cc1ccccc1. The average Bonchev–Trinajstić information content (AvgIpc) is 3.08. The number of fused-ring (bicyclic) bond motifs is 1. The van der Waals surface area contributed by atoms with Crippen molar-refractivity contribution < 1.29 is 9.53 Å². The van der Waals surface area contributed by atoms with Gasteiger partial charge in [0, 0.05) is 30.2 Å². The largest absolute Gasteiger partial charge is 0.461 e. The maximum atomic E-state index is 13.0. The summed E-state index contributed by atoms with van der Waals surface area (Å²) >= 11 is 0. The Bertz CT molecular complexity index is 1450. The number of esters is 1. The third-order valence-corrected chi connectivity index (χ3v) is 7.00. The Kier molecular flexibility index (Phi) is 7.35. The molecule has 0 unspecified atom stereocenters. The second-order valence-corrected chi connectivity index (χ2v) is 9.63. The van der Waals surface area contributed by atoms with E-state index in [1.54, 1.807) is 19.1 Å². The molecular weight excluding hydrogens is 466 g/mol. The molecule has 0 spiro atoms. The molecule has 1 aliphatic rings. The summed E-state index contributed by atoms with van der Waals surface area (Å²) in [7, 11) is 0. The van der Waals surface area contributed by atoms with Gasteiger partial charge in [0.25, 0.3) is 5.56 Å². The highest BCUT2D eigenvalue weighted by molar-refractivity contribution is 5.89. The minimum Gasteiger partial charge on any atom is -0.461 e. The lowest BCUT2D eigenvalue weighted by Crippen LogP contribution is -2.25. The van der Waals surface area contributed by atoms with Crippen molar-refractivity contribution in [2.75, 3.05) is 11.9 Å². The molecule has 3 aromatic heterocycles. The van der Waals surface area contributed by atoms with E-state index in [-0.39, 0.29) is 17.6 Å². The predicted octanol–water partition coefficient (Wildman–Crippen LogP) is 5.77. The Hall–Kier alpha value is -3.94. The lowest BCUT2D eigenvalue weighted by molar-refractivity contribution is 0.0514. The first-order valence-corrected chi connectivity index (χ1v) is 13.1. The molecule has 192 valence electrons. The van der Waals surface area contributed by atoms with E-state index in [0.29, 0.717) is 36.1 Å². The fourth-order valence-corrected chi connectivity index (χ4v) is 5.20. The van der Waals surface area contributed by atoms with Gasteiger partial charge in [0.2, 0.25) is 5.95 Å². The van der Waals surface area contributed by atoms with Gasteiger partial charge < -0.3 is 14.6 Å². The van der Waals surface area contributed by atoms with Crippen LogP contribution in [0, 0.1) is 6.92 Å². The van der Waals surface area contributed by atoms with Gasteiger partial charge in [-0.25, -0.2) is 9.78 Å². The van der Waals surface area contributed by atoms with Crippen LogP contribution in [0.5, 0.6) is 0 Å². The molecule has 3 heterocycles. The maximum Gasteiger partial charge on any atom is 0.355 e. The Balaban J connectivity index is 1.52. The van der Waals surface area contributed by atoms with Gasteiger partial charge in [-0.2, -0.15) is 4.98 Å². The van der Waals surface area contributed by atoms with Crippen molar-refractivity contribution >= 4 is 28.6 Å². The number of aryl methyl sites for hydroxylation is 1. The number of carbonyl (C=O) groups is 1. The van der Waals surface area contributed by atoms with Crippen molar-refractivity contribution in [2.45, 2.75) is 65.0 Å². The molecule has 0 amide bonds. The molecule has 0 atom stereocenters. The summed E-state index contributed by atoms with van der Waals surface area (Å²) in [5, 5.41) is 4.15. The molecule has 1 saturated carbocycles. The molecule has 1 aliphatic carbocycles. The van der Waals surface area contributed by atoms with E-state index in [2.05, 4.69) is 10.3 Å². The van der Waals surface area contributed by atoms with Crippen molar-refractivity contribution in [2.24, 2.45) is 0 Å². The van der Waals surface area contributed by atoms with Crippen molar-refractivity contribution in [3.05, 3.63) is 82.0 Å². The standard InChI is InChI=1S/C29H33N5O3/c1-3-37-28(36)25-17-22(19-33(25)18-21-11-7-6-8-12-21)31-29-30-20(2)24-15-16-26(35)34(27(24)32-29)23-13-9-4-5-10-14-23/h6-8,11-12,15-17,19,23H,3-5,9-10,13-14,18H2,1-2H3,(H,30,31,32).